The van der Waals surface area contributed by atoms with Crippen molar-refractivity contribution in [2.24, 2.45) is 0 Å². The van der Waals surface area contributed by atoms with Crippen molar-refractivity contribution >= 4 is 17.6 Å². The van der Waals surface area contributed by atoms with Crippen LogP contribution >= 0.6 is 0 Å². The van der Waals surface area contributed by atoms with E-state index in [0.717, 1.165) is 11.1 Å². The molecule has 2 rings (SSSR count). The predicted molar refractivity (Wildman–Crippen MR) is 86.5 cm³/mol. The largest absolute Gasteiger partial charge is 0.469 e. The second-order valence-corrected chi connectivity index (χ2v) is 4.89. The summed E-state index contributed by atoms with van der Waals surface area (Å²) < 4.78 is 4.49. The maximum atomic E-state index is 11.7. The third-order valence-corrected chi connectivity index (χ3v) is 3.30. The molecule has 0 saturated carbocycles. The Hall–Kier alpha value is -3.13. The molecule has 0 aliphatic rings. The molecule has 0 heterocycles. The Balaban J connectivity index is 1.97. The summed E-state index contributed by atoms with van der Waals surface area (Å²) in [6.45, 7) is 0. The number of hydrogen-bond donors (Lipinski definition) is 1. The zero-order valence-electron chi connectivity index (χ0n) is 12.7. The minimum Gasteiger partial charge on any atom is -0.469 e. The van der Waals surface area contributed by atoms with E-state index in [1.807, 2.05) is 24.3 Å². The molecule has 1 amide bonds. The summed E-state index contributed by atoms with van der Waals surface area (Å²) in [6.07, 6.45) is 0.149. The summed E-state index contributed by atoms with van der Waals surface area (Å²) in [4.78, 5) is 22.7. The van der Waals surface area contributed by atoms with Gasteiger partial charge in [-0.2, -0.15) is 5.26 Å². The molecule has 5 nitrogen and oxygen atoms in total. The molecular weight excluding hydrogens is 292 g/mol. The standard InChI is InChI=1S/C18H16N2O3/c1-23-18(22)11-10-17(21)20-16-8-6-15(7-9-16)14-4-2-13(12-19)3-5-14/h2-9H,10-11H2,1H3,(H,20,21). The van der Waals surface area contributed by atoms with E-state index in [2.05, 4.69) is 16.1 Å². The van der Waals surface area contributed by atoms with Crippen LogP contribution in [0.2, 0.25) is 0 Å². The molecule has 0 aliphatic heterocycles. The van der Waals surface area contributed by atoms with Crippen LogP contribution in [0.4, 0.5) is 5.69 Å². The van der Waals surface area contributed by atoms with Crippen LogP contribution in [0.5, 0.6) is 0 Å². The first-order valence-corrected chi connectivity index (χ1v) is 7.09. The second kappa shape index (κ2) is 7.76. The molecular formula is C18H16N2O3. The molecule has 0 fully saturated rings. The van der Waals surface area contributed by atoms with E-state index in [9.17, 15) is 9.59 Å². The minimum atomic E-state index is -0.406. The summed E-state index contributed by atoms with van der Waals surface area (Å²) in [6, 6.07) is 16.7. The number of ether oxygens (including phenoxy) is 1. The SMILES string of the molecule is COC(=O)CCC(=O)Nc1ccc(-c2ccc(C#N)cc2)cc1. The number of benzene rings is 2. The highest BCUT2D eigenvalue weighted by molar-refractivity contribution is 5.92. The third-order valence-electron chi connectivity index (χ3n) is 3.30. The van der Waals surface area contributed by atoms with Crippen molar-refractivity contribution in [2.75, 3.05) is 12.4 Å². The fourth-order valence-corrected chi connectivity index (χ4v) is 2.02. The molecule has 0 radical (unpaired) electrons. The van der Waals surface area contributed by atoms with Crippen molar-refractivity contribution in [3.63, 3.8) is 0 Å². The fourth-order valence-electron chi connectivity index (χ4n) is 2.02. The number of methoxy groups -OCH3 is 1. The Bertz CT molecular complexity index is 728. The summed E-state index contributed by atoms with van der Waals surface area (Å²) in [7, 11) is 1.29. The van der Waals surface area contributed by atoms with Gasteiger partial charge in [-0.1, -0.05) is 24.3 Å². The summed E-state index contributed by atoms with van der Waals surface area (Å²) >= 11 is 0. The quantitative estimate of drug-likeness (QED) is 0.861. The first-order chi connectivity index (χ1) is 11.1. The van der Waals surface area contributed by atoms with Crippen LogP contribution in [0, 0.1) is 11.3 Å². The van der Waals surface area contributed by atoms with Gasteiger partial charge in [0.15, 0.2) is 0 Å². The minimum absolute atomic E-state index is 0.0612. The third kappa shape index (κ3) is 4.68. The van der Waals surface area contributed by atoms with Gasteiger partial charge in [-0.3, -0.25) is 9.59 Å². The molecule has 2 aromatic carbocycles. The van der Waals surface area contributed by atoms with Crippen LogP contribution in [0.3, 0.4) is 0 Å². The lowest BCUT2D eigenvalue weighted by molar-refractivity contribution is -0.141. The van der Waals surface area contributed by atoms with Gasteiger partial charge in [0.25, 0.3) is 0 Å². The van der Waals surface area contributed by atoms with Crippen molar-refractivity contribution in [3.8, 4) is 17.2 Å². The highest BCUT2D eigenvalue weighted by Crippen LogP contribution is 2.22. The maximum Gasteiger partial charge on any atom is 0.306 e. The summed E-state index contributed by atoms with van der Waals surface area (Å²) in [5, 5.41) is 11.5. The zero-order chi connectivity index (χ0) is 16.7. The lowest BCUT2D eigenvalue weighted by atomic mass is 10.0. The molecule has 0 atom stereocenters. The number of carbonyl (C=O) groups excluding carboxylic acids is 2. The fraction of sp³-hybridized carbons (Fsp3) is 0.167. The predicted octanol–water partition coefficient (Wildman–Crippen LogP) is 3.12. The van der Waals surface area contributed by atoms with E-state index in [-0.39, 0.29) is 18.7 Å². The molecule has 116 valence electrons. The van der Waals surface area contributed by atoms with Gasteiger partial charge < -0.3 is 10.1 Å². The number of anilines is 1. The first-order valence-electron chi connectivity index (χ1n) is 7.09. The molecule has 23 heavy (non-hydrogen) atoms. The van der Waals surface area contributed by atoms with Gasteiger partial charge in [-0.05, 0) is 35.4 Å². The van der Waals surface area contributed by atoms with E-state index >= 15 is 0 Å². The molecule has 0 saturated heterocycles. The van der Waals surface area contributed by atoms with Gasteiger partial charge in [-0.15, -0.1) is 0 Å². The first kappa shape index (κ1) is 16.2. The number of carbonyl (C=O) groups is 2. The second-order valence-electron chi connectivity index (χ2n) is 4.89. The number of esters is 1. The molecule has 0 unspecified atom stereocenters. The Kier molecular flexibility index (Phi) is 5.48. The van der Waals surface area contributed by atoms with Gasteiger partial charge in [0, 0.05) is 12.1 Å². The lowest BCUT2D eigenvalue weighted by Gasteiger charge is -2.07. The van der Waals surface area contributed by atoms with Crippen molar-refractivity contribution in [2.45, 2.75) is 12.8 Å². The molecule has 0 spiro atoms. The molecule has 0 aliphatic carbocycles. The molecule has 0 aromatic heterocycles. The average Bonchev–Trinajstić information content (AvgIpc) is 2.60. The van der Waals surface area contributed by atoms with Gasteiger partial charge in [0.2, 0.25) is 5.91 Å². The van der Waals surface area contributed by atoms with Crippen LogP contribution in [0.25, 0.3) is 11.1 Å². The average molecular weight is 308 g/mol. The van der Waals surface area contributed by atoms with Crippen molar-refractivity contribution < 1.29 is 14.3 Å². The molecule has 1 N–H and O–H groups in total. The van der Waals surface area contributed by atoms with Crippen LogP contribution in [-0.2, 0) is 14.3 Å². The topological polar surface area (TPSA) is 79.2 Å². The van der Waals surface area contributed by atoms with E-state index in [1.165, 1.54) is 7.11 Å². The van der Waals surface area contributed by atoms with E-state index < -0.39 is 5.97 Å². The van der Waals surface area contributed by atoms with Crippen molar-refractivity contribution in [1.29, 1.82) is 5.26 Å². The van der Waals surface area contributed by atoms with Gasteiger partial charge in [0.1, 0.15) is 0 Å². The van der Waals surface area contributed by atoms with E-state index in [0.29, 0.717) is 11.3 Å². The number of nitrogens with zero attached hydrogens (tertiary/aromatic N) is 1. The maximum absolute atomic E-state index is 11.7. The van der Waals surface area contributed by atoms with Gasteiger partial charge >= 0.3 is 5.97 Å². The van der Waals surface area contributed by atoms with Crippen LogP contribution < -0.4 is 5.32 Å². The highest BCUT2D eigenvalue weighted by atomic mass is 16.5. The molecule has 0 bridgehead atoms. The van der Waals surface area contributed by atoms with Crippen molar-refractivity contribution in [3.05, 3.63) is 54.1 Å². The Morgan fingerprint density at radius 2 is 1.57 bits per heavy atom. The summed E-state index contributed by atoms with van der Waals surface area (Å²) in [5.41, 5.74) is 3.26. The van der Waals surface area contributed by atoms with E-state index in [4.69, 9.17) is 5.26 Å². The number of nitriles is 1. The lowest BCUT2D eigenvalue weighted by Crippen LogP contribution is -2.13. The monoisotopic (exact) mass is 308 g/mol. The summed E-state index contributed by atoms with van der Waals surface area (Å²) in [5.74, 6) is -0.641. The number of nitrogens with one attached hydrogen (secondary N) is 1. The van der Waals surface area contributed by atoms with Crippen LogP contribution in [-0.4, -0.2) is 19.0 Å². The van der Waals surface area contributed by atoms with Crippen LogP contribution in [0.1, 0.15) is 18.4 Å². The Morgan fingerprint density at radius 3 is 2.09 bits per heavy atom. The Labute approximate surface area is 134 Å². The number of amides is 1. The van der Waals surface area contributed by atoms with E-state index in [1.54, 1.807) is 24.3 Å². The number of rotatable bonds is 5. The molecule has 5 heteroatoms. The number of hydrogen-bond acceptors (Lipinski definition) is 4. The zero-order valence-corrected chi connectivity index (χ0v) is 12.7. The van der Waals surface area contributed by atoms with Crippen LogP contribution in [0.15, 0.2) is 48.5 Å². The normalized spacial score (nSPS) is 9.74. The highest BCUT2D eigenvalue weighted by Gasteiger charge is 2.07. The smallest absolute Gasteiger partial charge is 0.306 e. The Morgan fingerprint density at radius 1 is 1.00 bits per heavy atom. The van der Waals surface area contributed by atoms with Gasteiger partial charge in [-0.25, -0.2) is 0 Å². The van der Waals surface area contributed by atoms with Gasteiger partial charge in [0.05, 0.1) is 25.2 Å². The van der Waals surface area contributed by atoms with Crippen molar-refractivity contribution in [1.82, 2.24) is 0 Å². The molecule has 2 aromatic rings.